The zero-order valence-corrected chi connectivity index (χ0v) is 11.3. The molecule has 1 aromatic heterocycles. The smallest absolute Gasteiger partial charge is 0.309 e. The lowest BCUT2D eigenvalue weighted by atomic mass is 9.88. The molecule has 4 heteroatoms. The van der Waals surface area contributed by atoms with Gasteiger partial charge in [-0.25, -0.2) is 4.98 Å². The van der Waals surface area contributed by atoms with Gasteiger partial charge in [0.2, 0.25) is 5.89 Å². The number of rotatable bonds is 4. The summed E-state index contributed by atoms with van der Waals surface area (Å²) in [4.78, 5) is 15.6. The van der Waals surface area contributed by atoms with Crippen LogP contribution in [0.5, 0.6) is 0 Å². The fraction of sp³-hybridized carbons (Fsp3) is 0.333. The Kier molecular flexibility index (Phi) is 3.42. The molecule has 0 atom stereocenters. The summed E-state index contributed by atoms with van der Waals surface area (Å²) in [6.45, 7) is 5.18. The van der Waals surface area contributed by atoms with Crippen LogP contribution in [0.3, 0.4) is 0 Å². The highest BCUT2D eigenvalue weighted by Gasteiger charge is 2.30. The van der Waals surface area contributed by atoms with Gasteiger partial charge in [0.25, 0.3) is 0 Å². The summed E-state index contributed by atoms with van der Waals surface area (Å²) >= 11 is 0. The second kappa shape index (κ2) is 4.88. The molecule has 19 heavy (non-hydrogen) atoms. The van der Waals surface area contributed by atoms with E-state index in [1.165, 1.54) is 0 Å². The Bertz CT molecular complexity index is 585. The molecule has 0 spiro atoms. The molecule has 2 rings (SSSR count). The zero-order chi connectivity index (χ0) is 14.0. The highest BCUT2D eigenvalue weighted by molar-refractivity contribution is 5.74. The van der Waals surface area contributed by atoms with Crippen molar-refractivity contribution in [3.05, 3.63) is 41.8 Å². The summed E-state index contributed by atoms with van der Waals surface area (Å²) < 4.78 is 5.62. The Morgan fingerprint density at radius 1 is 1.32 bits per heavy atom. The number of oxazole rings is 1. The van der Waals surface area contributed by atoms with Gasteiger partial charge in [-0.05, 0) is 32.9 Å². The largest absolute Gasteiger partial charge is 0.481 e. The lowest BCUT2D eigenvalue weighted by molar-refractivity contribution is -0.146. The first-order valence-electron chi connectivity index (χ1n) is 6.15. The fourth-order valence-electron chi connectivity index (χ4n) is 1.79. The highest BCUT2D eigenvalue weighted by Crippen LogP contribution is 2.27. The average molecular weight is 259 g/mol. The van der Waals surface area contributed by atoms with Gasteiger partial charge in [-0.2, -0.15) is 0 Å². The van der Waals surface area contributed by atoms with Crippen LogP contribution in [0.4, 0.5) is 0 Å². The number of carboxylic acids is 1. The number of nitrogens with zero attached hydrogens (tertiary/aromatic N) is 1. The first-order valence-corrected chi connectivity index (χ1v) is 6.15. The summed E-state index contributed by atoms with van der Waals surface area (Å²) in [5, 5.41) is 9.16. The van der Waals surface area contributed by atoms with Crippen LogP contribution in [0.2, 0.25) is 0 Å². The van der Waals surface area contributed by atoms with Crippen molar-refractivity contribution in [2.45, 2.75) is 27.2 Å². The molecule has 0 amide bonds. The minimum Gasteiger partial charge on any atom is -0.481 e. The maximum atomic E-state index is 11.2. The lowest BCUT2D eigenvalue weighted by Crippen LogP contribution is -2.26. The van der Waals surface area contributed by atoms with Gasteiger partial charge >= 0.3 is 5.97 Å². The van der Waals surface area contributed by atoms with Gasteiger partial charge in [-0.15, -0.1) is 0 Å². The normalized spacial score (nSPS) is 11.5. The quantitative estimate of drug-likeness (QED) is 0.915. The third-order valence-corrected chi connectivity index (χ3v) is 3.10. The summed E-state index contributed by atoms with van der Waals surface area (Å²) in [5.41, 5.74) is 0.742. The minimum atomic E-state index is -0.852. The molecular weight excluding hydrogens is 242 g/mol. The fourth-order valence-corrected chi connectivity index (χ4v) is 1.79. The van der Waals surface area contributed by atoms with Gasteiger partial charge in [-0.3, -0.25) is 4.79 Å². The van der Waals surface area contributed by atoms with Crippen molar-refractivity contribution < 1.29 is 14.3 Å². The van der Waals surface area contributed by atoms with Gasteiger partial charge in [-0.1, -0.05) is 18.2 Å². The van der Waals surface area contributed by atoms with Crippen molar-refractivity contribution in [2.24, 2.45) is 5.41 Å². The number of aromatic nitrogens is 1. The second-order valence-corrected chi connectivity index (χ2v) is 5.25. The zero-order valence-electron chi connectivity index (χ0n) is 11.3. The van der Waals surface area contributed by atoms with E-state index in [1.807, 2.05) is 37.3 Å². The maximum Gasteiger partial charge on any atom is 0.309 e. The molecule has 4 nitrogen and oxygen atoms in total. The number of hydrogen-bond acceptors (Lipinski definition) is 3. The average Bonchev–Trinajstić information content (AvgIpc) is 2.71. The van der Waals surface area contributed by atoms with Crippen molar-refractivity contribution in [3.8, 4) is 11.5 Å². The second-order valence-electron chi connectivity index (χ2n) is 5.25. The van der Waals surface area contributed by atoms with Crippen LogP contribution in [0.25, 0.3) is 11.5 Å². The van der Waals surface area contributed by atoms with Crippen molar-refractivity contribution in [1.82, 2.24) is 4.98 Å². The predicted octanol–water partition coefficient (Wildman–Crippen LogP) is 3.30. The summed E-state index contributed by atoms with van der Waals surface area (Å²) in [7, 11) is 0. The van der Waals surface area contributed by atoms with Crippen LogP contribution in [-0.2, 0) is 11.2 Å². The van der Waals surface area contributed by atoms with Gasteiger partial charge in [0, 0.05) is 12.0 Å². The number of aliphatic carboxylic acids is 1. The molecule has 1 heterocycles. The number of carbonyl (C=O) groups is 1. The van der Waals surface area contributed by atoms with Crippen LogP contribution in [-0.4, -0.2) is 16.1 Å². The van der Waals surface area contributed by atoms with Crippen LogP contribution in [0.1, 0.15) is 25.3 Å². The van der Waals surface area contributed by atoms with E-state index in [-0.39, 0.29) is 0 Å². The van der Waals surface area contributed by atoms with Crippen molar-refractivity contribution >= 4 is 5.97 Å². The van der Waals surface area contributed by atoms with Crippen LogP contribution in [0.15, 0.2) is 34.7 Å². The molecule has 0 fully saturated rings. The van der Waals surface area contributed by atoms with E-state index in [2.05, 4.69) is 4.98 Å². The molecule has 100 valence electrons. The van der Waals surface area contributed by atoms with E-state index >= 15 is 0 Å². The topological polar surface area (TPSA) is 63.3 Å². The molecule has 0 aliphatic heterocycles. The van der Waals surface area contributed by atoms with E-state index < -0.39 is 11.4 Å². The van der Waals surface area contributed by atoms with Crippen LogP contribution < -0.4 is 0 Å². The predicted molar refractivity (Wildman–Crippen MR) is 71.8 cm³/mol. The molecule has 0 aliphatic carbocycles. The van der Waals surface area contributed by atoms with Crippen LogP contribution in [0, 0.1) is 12.3 Å². The molecule has 0 radical (unpaired) electrons. The standard InChI is InChI=1S/C15H17NO3/c1-10-12(9-15(2,3)14(17)18)16-13(19-10)11-7-5-4-6-8-11/h4-8H,9H2,1-3H3,(H,17,18). The third kappa shape index (κ3) is 2.84. The van der Waals surface area contributed by atoms with Gasteiger partial charge < -0.3 is 9.52 Å². The lowest BCUT2D eigenvalue weighted by Gasteiger charge is -2.17. The summed E-state index contributed by atoms with van der Waals surface area (Å²) in [6.07, 6.45) is 0.352. The summed E-state index contributed by atoms with van der Waals surface area (Å²) in [5.74, 6) is 0.374. The minimum absolute atomic E-state index is 0.352. The SMILES string of the molecule is Cc1oc(-c2ccccc2)nc1CC(C)(C)C(=O)O. The third-order valence-electron chi connectivity index (χ3n) is 3.10. The van der Waals surface area contributed by atoms with Crippen LogP contribution >= 0.6 is 0 Å². The van der Waals surface area contributed by atoms with Crippen molar-refractivity contribution in [2.75, 3.05) is 0 Å². The molecule has 1 aromatic carbocycles. The van der Waals surface area contributed by atoms with E-state index in [4.69, 9.17) is 9.52 Å². The molecular formula is C15H17NO3. The van der Waals surface area contributed by atoms with Gasteiger partial charge in [0.05, 0.1) is 11.1 Å². The van der Waals surface area contributed by atoms with E-state index in [0.717, 1.165) is 5.56 Å². The molecule has 0 saturated heterocycles. The first-order chi connectivity index (χ1) is 8.90. The molecule has 0 bridgehead atoms. The van der Waals surface area contributed by atoms with E-state index in [0.29, 0.717) is 23.8 Å². The number of hydrogen-bond donors (Lipinski definition) is 1. The molecule has 0 unspecified atom stereocenters. The first kappa shape index (κ1) is 13.3. The van der Waals surface area contributed by atoms with Crippen molar-refractivity contribution in [1.29, 1.82) is 0 Å². The van der Waals surface area contributed by atoms with Gasteiger partial charge in [0.15, 0.2) is 0 Å². The molecule has 0 saturated carbocycles. The molecule has 0 aliphatic rings. The Morgan fingerprint density at radius 2 is 1.95 bits per heavy atom. The Labute approximate surface area is 112 Å². The Balaban J connectivity index is 2.30. The summed E-state index contributed by atoms with van der Waals surface area (Å²) in [6, 6.07) is 9.58. The van der Waals surface area contributed by atoms with E-state index in [9.17, 15) is 4.79 Å². The number of benzene rings is 1. The maximum absolute atomic E-state index is 11.2. The van der Waals surface area contributed by atoms with Crippen molar-refractivity contribution in [3.63, 3.8) is 0 Å². The molecule has 1 N–H and O–H groups in total. The van der Waals surface area contributed by atoms with E-state index in [1.54, 1.807) is 13.8 Å². The number of carboxylic acid groups (broad SMARTS) is 1. The number of aryl methyl sites for hydroxylation is 1. The Morgan fingerprint density at radius 3 is 2.53 bits per heavy atom. The monoisotopic (exact) mass is 259 g/mol. The van der Waals surface area contributed by atoms with Gasteiger partial charge in [0.1, 0.15) is 5.76 Å². The Hall–Kier alpha value is -2.10. The molecule has 2 aromatic rings. The highest BCUT2D eigenvalue weighted by atomic mass is 16.4.